The van der Waals surface area contributed by atoms with Crippen LogP contribution in [0.2, 0.25) is 0 Å². The molecule has 2 atom stereocenters. The van der Waals surface area contributed by atoms with Crippen molar-refractivity contribution in [1.82, 2.24) is 5.32 Å². The predicted octanol–water partition coefficient (Wildman–Crippen LogP) is 1.27. The highest BCUT2D eigenvalue weighted by Gasteiger charge is 2.30. The Balaban J connectivity index is 2.18. The molecule has 0 radical (unpaired) electrons. The molecule has 6 heteroatoms. The summed E-state index contributed by atoms with van der Waals surface area (Å²) in [6.07, 6.45) is 0.321. The Morgan fingerprint density at radius 3 is 2.56 bits per heavy atom. The lowest BCUT2D eigenvalue weighted by molar-refractivity contribution is -0.149. The van der Waals surface area contributed by atoms with Crippen LogP contribution in [0.25, 0.3) is 0 Å². The third kappa shape index (κ3) is 5.73. The minimum atomic E-state index is -0.924. The maximum atomic E-state index is 11.6. The van der Waals surface area contributed by atoms with E-state index in [9.17, 15) is 9.59 Å². The number of carbonyl (C=O) groups is 2. The predicted molar refractivity (Wildman–Crippen MR) is 70.8 cm³/mol. The van der Waals surface area contributed by atoms with Gasteiger partial charge in [0.25, 0.3) is 0 Å². The molecule has 5 nitrogen and oxygen atoms in total. The van der Waals surface area contributed by atoms with Gasteiger partial charge >= 0.3 is 5.97 Å². The molecule has 1 fully saturated rings. The molecule has 1 saturated heterocycles. The molecule has 18 heavy (non-hydrogen) atoms. The van der Waals surface area contributed by atoms with Gasteiger partial charge in [0.1, 0.15) is 0 Å². The fourth-order valence-corrected chi connectivity index (χ4v) is 2.26. The van der Waals surface area contributed by atoms with E-state index in [0.717, 1.165) is 0 Å². The van der Waals surface area contributed by atoms with Crippen molar-refractivity contribution in [2.45, 2.75) is 50.6 Å². The van der Waals surface area contributed by atoms with E-state index in [1.807, 2.05) is 0 Å². The standard InChI is InChI=1S/C12H21NO4S/c1-12(2,3)18-7-10(14)13-6-8-4-5-9(17-8)11(15)16/h8-9H,4-7H2,1-3H3,(H,13,14)(H,15,16). The molecule has 2 unspecified atom stereocenters. The van der Waals surface area contributed by atoms with Crippen LogP contribution in [0.4, 0.5) is 0 Å². The van der Waals surface area contributed by atoms with Gasteiger partial charge in [0.05, 0.1) is 11.9 Å². The van der Waals surface area contributed by atoms with Gasteiger partial charge < -0.3 is 15.2 Å². The first-order valence-electron chi connectivity index (χ1n) is 6.07. The van der Waals surface area contributed by atoms with Crippen LogP contribution < -0.4 is 5.32 Å². The molecular formula is C12H21NO4S. The zero-order valence-electron chi connectivity index (χ0n) is 11.1. The third-order valence-corrected chi connectivity index (χ3v) is 3.82. The van der Waals surface area contributed by atoms with E-state index in [4.69, 9.17) is 9.84 Å². The minimum Gasteiger partial charge on any atom is -0.479 e. The van der Waals surface area contributed by atoms with Crippen molar-refractivity contribution in [3.63, 3.8) is 0 Å². The van der Waals surface area contributed by atoms with Crippen molar-refractivity contribution in [2.24, 2.45) is 0 Å². The van der Waals surface area contributed by atoms with E-state index in [1.54, 1.807) is 11.8 Å². The topological polar surface area (TPSA) is 75.6 Å². The smallest absolute Gasteiger partial charge is 0.332 e. The van der Waals surface area contributed by atoms with Gasteiger partial charge in [0.2, 0.25) is 5.91 Å². The van der Waals surface area contributed by atoms with E-state index < -0.39 is 12.1 Å². The number of thioether (sulfide) groups is 1. The third-order valence-electron chi connectivity index (χ3n) is 2.55. The molecule has 0 aromatic rings. The van der Waals surface area contributed by atoms with Gasteiger partial charge in [-0.15, -0.1) is 11.8 Å². The Bertz CT molecular complexity index is 314. The average molecular weight is 275 g/mol. The maximum Gasteiger partial charge on any atom is 0.332 e. The lowest BCUT2D eigenvalue weighted by atomic mass is 10.2. The molecule has 1 rings (SSSR count). The van der Waals surface area contributed by atoms with E-state index in [2.05, 4.69) is 26.1 Å². The highest BCUT2D eigenvalue weighted by Crippen LogP contribution is 2.22. The normalized spacial score (nSPS) is 23.9. The SMILES string of the molecule is CC(C)(C)SCC(=O)NCC1CCC(C(=O)O)O1. The van der Waals surface area contributed by atoms with E-state index in [0.29, 0.717) is 25.1 Å². The van der Waals surface area contributed by atoms with Crippen LogP contribution in [0, 0.1) is 0 Å². The van der Waals surface area contributed by atoms with Crippen molar-refractivity contribution >= 4 is 23.6 Å². The van der Waals surface area contributed by atoms with Crippen LogP contribution in [0.15, 0.2) is 0 Å². The number of carboxylic acid groups (broad SMARTS) is 1. The monoisotopic (exact) mass is 275 g/mol. The zero-order valence-corrected chi connectivity index (χ0v) is 11.9. The number of carbonyl (C=O) groups excluding carboxylic acids is 1. The van der Waals surface area contributed by atoms with Crippen molar-refractivity contribution < 1.29 is 19.4 Å². The van der Waals surface area contributed by atoms with Crippen molar-refractivity contribution in [3.8, 4) is 0 Å². The Labute approximate surface area is 112 Å². The second kappa shape index (κ2) is 6.43. The largest absolute Gasteiger partial charge is 0.479 e. The summed E-state index contributed by atoms with van der Waals surface area (Å²) in [5.41, 5.74) is 0. The van der Waals surface area contributed by atoms with E-state index in [-0.39, 0.29) is 16.8 Å². The molecule has 104 valence electrons. The summed E-state index contributed by atoms with van der Waals surface area (Å²) in [6, 6.07) is 0. The van der Waals surface area contributed by atoms with Gasteiger partial charge in [-0.2, -0.15) is 0 Å². The lowest BCUT2D eigenvalue weighted by Crippen LogP contribution is -2.34. The molecule has 1 amide bonds. The molecule has 1 heterocycles. The first-order chi connectivity index (χ1) is 8.28. The van der Waals surface area contributed by atoms with Crippen LogP contribution >= 0.6 is 11.8 Å². The summed E-state index contributed by atoms with van der Waals surface area (Å²) in [5, 5.41) is 11.5. The molecule has 0 aliphatic carbocycles. The first kappa shape index (κ1) is 15.3. The summed E-state index contributed by atoms with van der Waals surface area (Å²) in [7, 11) is 0. The molecule has 0 bridgehead atoms. The number of hydrogen-bond acceptors (Lipinski definition) is 4. The molecule has 0 saturated carbocycles. The van der Waals surface area contributed by atoms with Gasteiger partial charge in [-0.05, 0) is 12.8 Å². The second-order valence-electron chi connectivity index (χ2n) is 5.37. The van der Waals surface area contributed by atoms with E-state index in [1.165, 1.54) is 0 Å². The van der Waals surface area contributed by atoms with Gasteiger partial charge in [0.15, 0.2) is 6.10 Å². The summed E-state index contributed by atoms with van der Waals surface area (Å²) in [5.74, 6) is -0.539. The van der Waals surface area contributed by atoms with Crippen LogP contribution in [0.3, 0.4) is 0 Å². The Hall–Kier alpha value is -0.750. The van der Waals surface area contributed by atoms with Crippen LogP contribution in [-0.4, -0.2) is 46.2 Å². The molecule has 0 spiro atoms. The number of rotatable bonds is 5. The Morgan fingerprint density at radius 1 is 1.39 bits per heavy atom. The van der Waals surface area contributed by atoms with Gasteiger partial charge in [-0.3, -0.25) is 4.79 Å². The molecule has 1 aliphatic rings. The average Bonchev–Trinajstić information content (AvgIpc) is 2.71. The van der Waals surface area contributed by atoms with Crippen LogP contribution in [-0.2, 0) is 14.3 Å². The van der Waals surface area contributed by atoms with Gasteiger partial charge in [-0.25, -0.2) is 4.79 Å². The quantitative estimate of drug-likeness (QED) is 0.790. The fraction of sp³-hybridized carbons (Fsp3) is 0.833. The summed E-state index contributed by atoms with van der Waals surface area (Å²) in [6.45, 7) is 6.57. The molecule has 0 aromatic heterocycles. The Morgan fingerprint density at radius 2 is 2.06 bits per heavy atom. The number of hydrogen-bond donors (Lipinski definition) is 2. The molecule has 1 aliphatic heterocycles. The summed E-state index contributed by atoms with van der Waals surface area (Å²) < 4.78 is 5.36. The molecular weight excluding hydrogens is 254 g/mol. The minimum absolute atomic E-state index is 0.0303. The van der Waals surface area contributed by atoms with Gasteiger partial charge in [0, 0.05) is 11.3 Å². The molecule has 2 N–H and O–H groups in total. The van der Waals surface area contributed by atoms with Crippen LogP contribution in [0.1, 0.15) is 33.6 Å². The highest BCUT2D eigenvalue weighted by atomic mass is 32.2. The second-order valence-corrected chi connectivity index (χ2v) is 7.17. The Kier molecular flexibility index (Phi) is 5.47. The maximum absolute atomic E-state index is 11.6. The van der Waals surface area contributed by atoms with Crippen molar-refractivity contribution in [2.75, 3.05) is 12.3 Å². The van der Waals surface area contributed by atoms with Crippen molar-refractivity contribution in [1.29, 1.82) is 0 Å². The fourth-order valence-electron chi connectivity index (χ4n) is 1.60. The zero-order chi connectivity index (χ0) is 13.8. The summed E-state index contributed by atoms with van der Waals surface area (Å²) >= 11 is 1.58. The number of amides is 1. The van der Waals surface area contributed by atoms with Crippen molar-refractivity contribution in [3.05, 3.63) is 0 Å². The number of carboxylic acids is 1. The molecule has 0 aromatic carbocycles. The number of ether oxygens (including phenoxy) is 1. The van der Waals surface area contributed by atoms with Crippen LogP contribution in [0.5, 0.6) is 0 Å². The van der Waals surface area contributed by atoms with E-state index >= 15 is 0 Å². The summed E-state index contributed by atoms with van der Waals surface area (Å²) in [4.78, 5) is 22.2. The lowest BCUT2D eigenvalue weighted by Gasteiger charge is -2.17. The van der Waals surface area contributed by atoms with Gasteiger partial charge in [-0.1, -0.05) is 20.8 Å². The number of aliphatic carboxylic acids is 1. The number of nitrogens with one attached hydrogen (secondary N) is 1. The highest BCUT2D eigenvalue weighted by molar-refractivity contribution is 8.01. The first-order valence-corrected chi connectivity index (χ1v) is 7.05.